The molecule has 5 nitrogen and oxygen atoms in total. The lowest BCUT2D eigenvalue weighted by molar-refractivity contribution is 0.128. The van der Waals surface area contributed by atoms with E-state index in [1.807, 2.05) is 13.0 Å². The first-order valence-electron chi connectivity index (χ1n) is 8.22. The number of halogens is 1. The molecule has 24 heavy (non-hydrogen) atoms. The Morgan fingerprint density at radius 3 is 2.54 bits per heavy atom. The number of aliphatic imine (C=N–C) groups is 1. The minimum atomic E-state index is 0. The van der Waals surface area contributed by atoms with Gasteiger partial charge in [-0.2, -0.15) is 0 Å². The molecule has 0 spiro atoms. The molecular formula is C18H32IN3O2. The van der Waals surface area contributed by atoms with Crippen LogP contribution in [0.2, 0.25) is 0 Å². The normalized spacial score (nSPS) is 11.2. The van der Waals surface area contributed by atoms with Crippen LogP contribution in [0.3, 0.4) is 0 Å². The van der Waals surface area contributed by atoms with Crippen molar-refractivity contribution < 1.29 is 9.47 Å². The number of benzene rings is 1. The van der Waals surface area contributed by atoms with Crippen LogP contribution in [0.1, 0.15) is 31.4 Å². The lowest BCUT2D eigenvalue weighted by Gasteiger charge is -2.13. The van der Waals surface area contributed by atoms with E-state index in [0.717, 1.165) is 43.4 Å². The van der Waals surface area contributed by atoms with E-state index in [1.54, 1.807) is 14.2 Å². The summed E-state index contributed by atoms with van der Waals surface area (Å²) in [5.41, 5.74) is 2.33. The van der Waals surface area contributed by atoms with E-state index in [4.69, 9.17) is 9.47 Å². The van der Waals surface area contributed by atoms with Gasteiger partial charge in [0.15, 0.2) is 5.96 Å². The lowest BCUT2D eigenvalue weighted by Crippen LogP contribution is -2.38. The predicted octanol–water partition coefficient (Wildman–Crippen LogP) is 3.35. The number of rotatable bonds is 9. The first-order chi connectivity index (χ1) is 11.1. The monoisotopic (exact) mass is 449 g/mol. The number of guanidine groups is 1. The van der Waals surface area contributed by atoms with Crippen molar-refractivity contribution in [1.82, 2.24) is 10.6 Å². The van der Waals surface area contributed by atoms with Gasteiger partial charge in [0.25, 0.3) is 0 Å². The number of nitrogens with zero attached hydrogens (tertiary/aromatic N) is 1. The fraction of sp³-hybridized carbons (Fsp3) is 0.611. The summed E-state index contributed by atoms with van der Waals surface area (Å²) in [6, 6.07) is 6.17. The molecule has 6 heteroatoms. The SMILES string of the molecule is CN=C(NCCOCCC(C)C)NCc1ccc(OC)c(C)c1.I. The third-order valence-corrected chi connectivity index (χ3v) is 3.52. The van der Waals surface area contributed by atoms with Gasteiger partial charge in [0, 0.05) is 26.7 Å². The van der Waals surface area contributed by atoms with Crippen LogP contribution in [0, 0.1) is 12.8 Å². The largest absolute Gasteiger partial charge is 0.496 e. The molecule has 0 atom stereocenters. The summed E-state index contributed by atoms with van der Waals surface area (Å²) in [6.45, 7) is 9.43. The molecule has 0 aliphatic rings. The summed E-state index contributed by atoms with van der Waals surface area (Å²) in [6.07, 6.45) is 1.10. The van der Waals surface area contributed by atoms with Gasteiger partial charge < -0.3 is 20.1 Å². The quantitative estimate of drug-likeness (QED) is 0.263. The molecule has 1 aromatic carbocycles. The maximum Gasteiger partial charge on any atom is 0.191 e. The molecule has 0 fully saturated rings. The van der Waals surface area contributed by atoms with Crippen LogP contribution in [-0.4, -0.2) is 39.9 Å². The summed E-state index contributed by atoms with van der Waals surface area (Å²) < 4.78 is 10.9. The van der Waals surface area contributed by atoms with Crippen molar-refractivity contribution in [3.8, 4) is 5.75 Å². The second kappa shape index (κ2) is 13.3. The minimum absolute atomic E-state index is 0. The molecule has 1 rings (SSSR count). The molecule has 0 aliphatic carbocycles. The smallest absolute Gasteiger partial charge is 0.191 e. The van der Waals surface area contributed by atoms with E-state index < -0.39 is 0 Å². The van der Waals surface area contributed by atoms with Crippen molar-refractivity contribution in [3.05, 3.63) is 29.3 Å². The Balaban J connectivity index is 0.00000529. The minimum Gasteiger partial charge on any atom is -0.496 e. The molecule has 2 N–H and O–H groups in total. The van der Waals surface area contributed by atoms with Crippen molar-refractivity contribution in [3.63, 3.8) is 0 Å². The molecule has 0 aromatic heterocycles. The fourth-order valence-corrected chi connectivity index (χ4v) is 2.12. The molecule has 0 bridgehead atoms. The maximum absolute atomic E-state index is 5.58. The highest BCUT2D eigenvalue weighted by Gasteiger charge is 2.02. The van der Waals surface area contributed by atoms with Gasteiger partial charge in [-0.25, -0.2) is 0 Å². The summed E-state index contributed by atoms with van der Waals surface area (Å²) in [4.78, 5) is 4.22. The van der Waals surface area contributed by atoms with Gasteiger partial charge in [-0.15, -0.1) is 24.0 Å². The second-order valence-corrected chi connectivity index (χ2v) is 5.95. The van der Waals surface area contributed by atoms with Crippen LogP contribution in [0.5, 0.6) is 5.75 Å². The zero-order valence-electron chi connectivity index (χ0n) is 15.5. The molecule has 0 saturated heterocycles. The molecule has 0 unspecified atom stereocenters. The van der Waals surface area contributed by atoms with Crippen molar-refractivity contribution in [2.45, 2.75) is 33.7 Å². The first-order valence-corrected chi connectivity index (χ1v) is 8.22. The summed E-state index contributed by atoms with van der Waals surface area (Å²) in [7, 11) is 3.46. The number of aryl methyl sites for hydroxylation is 1. The zero-order valence-corrected chi connectivity index (χ0v) is 17.8. The van der Waals surface area contributed by atoms with Crippen LogP contribution in [0.15, 0.2) is 23.2 Å². The van der Waals surface area contributed by atoms with Crippen molar-refractivity contribution in [1.29, 1.82) is 0 Å². The van der Waals surface area contributed by atoms with E-state index in [-0.39, 0.29) is 24.0 Å². The Hall–Kier alpha value is -1.02. The average molecular weight is 449 g/mol. The average Bonchev–Trinajstić information content (AvgIpc) is 2.53. The van der Waals surface area contributed by atoms with Crippen LogP contribution in [0.4, 0.5) is 0 Å². The molecule has 0 saturated carbocycles. The van der Waals surface area contributed by atoms with Crippen molar-refractivity contribution >= 4 is 29.9 Å². The number of hydrogen-bond acceptors (Lipinski definition) is 3. The highest BCUT2D eigenvalue weighted by molar-refractivity contribution is 14.0. The first kappa shape index (κ1) is 23.0. The standard InChI is InChI=1S/C18H31N3O2.HI/c1-14(2)8-10-23-11-9-20-18(19-4)21-13-16-6-7-17(22-5)15(3)12-16;/h6-7,12,14H,8-11,13H2,1-5H3,(H2,19,20,21);1H. The van der Waals surface area contributed by atoms with Gasteiger partial charge in [-0.3, -0.25) is 4.99 Å². The number of ether oxygens (including phenoxy) is 2. The molecule has 0 amide bonds. The van der Waals surface area contributed by atoms with Crippen molar-refractivity contribution in [2.24, 2.45) is 10.9 Å². The predicted molar refractivity (Wildman–Crippen MR) is 112 cm³/mol. The fourth-order valence-electron chi connectivity index (χ4n) is 2.12. The Morgan fingerprint density at radius 1 is 1.21 bits per heavy atom. The summed E-state index contributed by atoms with van der Waals surface area (Å²) >= 11 is 0. The molecule has 0 aliphatic heterocycles. The zero-order chi connectivity index (χ0) is 17.1. The number of hydrogen-bond donors (Lipinski definition) is 2. The Kier molecular flexibility index (Phi) is 12.7. The second-order valence-electron chi connectivity index (χ2n) is 5.95. The number of methoxy groups -OCH3 is 1. The highest BCUT2D eigenvalue weighted by atomic mass is 127. The van der Waals surface area contributed by atoms with Crippen LogP contribution < -0.4 is 15.4 Å². The molecular weight excluding hydrogens is 417 g/mol. The van der Waals surface area contributed by atoms with E-state index in [2.05, 4.69) is 41.6 Å². The summed E-state index contributed by atoms with van der Waals surface area (Å²) in [5.74, 6) is 2.38. The van der Waals surface area contributed by atoms with Crippen LogP contribution >= 0.6 is 24.0 Å². The van der Waals surface area contributed by atoms with Gasteiger partial charge in [0.05, 0.1) is 13.7 Å². The summed E-state index contributed by atoms with van der Waals surface area (Å²) in [5, 5.41) is 6.56. The van der Waals surface area contributed by atoms with E-state index in [0.29, 0.717) is 12.5 Å². The molecule has 0 heterocycles. The molecule has 1 aromatic rings. The van der Waals surface area contributed by atoms with Gasteiger partial charge in [-0.05, 0) is 36.5 Å². The lowest BCUT2D eigenvalue weighted by atomic mass is 10.1. The topological polar surface area (TPSA) is 54.9 Å². The van der Waals surface area contributed by atoms with Crippen LogP contribution in [0.25, 0.3) is 0 Å². The Labute approximate surface area is 163 Å². The van der Waals surface area contributed by atoms with E-state index in [9.17, 15) is 0 Å². The maximum atomic E-state index is 5.58. The van der Waals surface area contributed by atoms with Gasteiger partial charge >= 0.3 is 0 Å². The third kappa shape index (κ3) is 9.32. The molecule has 0 radical (unpaired) electrons. The Bertz CT molecular complexity index is 493. The number of nitrogens with one attached hydrogen (secondary N) is 2. The third-order valence-electron chi connectivity index (χ3n) is 3.52. The van der Waals surface area contributed by atoms with E-state index in [1.165, 1.54) is 5.56 Å². The van der Waals surface area contributed by atoms with Crippen LogP contribution in [-0.2, 0) is 11.3 Å². The van der Waals surface area contributed by atoms with Gasteiger partial charge in [-0.1, -0.05) is 26.0 Å². The van der Waals surface area contributed by atoms with Gasteiger partial charge in [0.1, 0.15) is 5.75 Å². The van der Waals surface area contributed by atoms with E-state index >= 15 is 0 Å². The Morgan fingerprint density at radius 2 is 1.96 bits per heavy atom. The highest BCUT2D eigenvalue weighted by Crippen LogP contribution is 2.18. The molecule has 138 valence electrons. The van der Waals surface area contributed by atoms with Crippen molar-refractivity contribution in [2.75, 3.05) is 33.9 Å². The van der Waals surface area contributed by atoms with Gasteiger partial charge in [0.2, 0.25) is 0 Å².